The third-order valence-electron chi connectivity index (χ3n) is 3.39. The minimum Gasteiger partial charge on any atom is -0.398 e. The molecule has 1 aliphatic heterocycles. The summed E-state index contributed by atoms with van der Waals surface area (Å²) in [4.78, 5) is 0. The van der Waals surface area contributed by atoms with Gasteiger partial charge in [-0.15, -0.1) is 0 Å². The highest BCUT2D eigenvalue weighted by atomic mass is 32.1. The minimum atomic E-state index is -0.0598. The second-order valence-electron chi connectivity index (χ2n) is 4.71. The fourth-order valence-electron chi connectivity index (χ4n) is 2.49. The average molecular weight is 274 g/mol. The molecule has 2 heterocycles. The topological polar surface area (TPSA) is 24.1 Å². The zero-order chi connectivity index (χ0) is 13.4. The Hall–Kier alpha value is -2.38. The van der Waals surface area contributed by atoms with Crippen LogP contribution in [0.5, 0.6) is 0 Å². The van der Waals surface area contributed by atoms with Crippen molar-refractivity contribution >= 4 is 40.5 Å². The Kier molecular flexibility index (Phi) is 2.65. The first-order chi connectivity index (χ1) is 9.90. The van der Waals surface area contributed by atoms with Gasteiger partial charge in [0.25, 0.3) is 0 Å². The first-order valence-corrected chi connectivity index (χ1v) is 7.43. The van der Waals surface area contributed by atoms with Gasteiger partial charge < -0.3 is 10.5 Å². The molecule has 0 amide bonds. The van der Waals surface area contributed by atoms with Crippen LogP contribution in [0.4, 0.5) is 11.4 Å². The summed E-state index contributed by atoms with van der Waals surface area (Å²) in [5.41, 5.74) is 3.35. The van der Waals surface area contributed by atoms with E-state index in [9.17, 15) is 0 Å². The van der Waals surface area contributed by atoms with Crippen LogP contribution in [0.1, 0.15) is 5.56 Å². The van der Waals surface area contributed by atoms with Crippen molar-refractivity contribution in [2.75, 3.05) is 10.5 Å². The Labute approximate surface area is 122 Å². The molecule has 3 aromatic rings. The summed E-state index contributed by atoms with van der Waals surface area (Å²) in [5.74, 6) is 6.43. The van der Waals surface area contributed by atoms with E-state index in [1.807, 2.05) is 11.4 Å². The summed E-state index contributed by atoms with van der Waals surface area (Å²) in [7, 11) is 0. The number of hydrogen-bond donors (Lipinski definition) is 2. The van der Waals surface area contributed by atoms with Crippen LogP contribution in [-0.4, -0.2) is 6.98 Å². The van der Waals surface area contributed by atoms with Gasteiger partial charge in [0.1, 0.15) is 0 Å². The van der Waals surface area contributed by atoms with Gasteiger partial charge in [0.2, 0.25) is 0 Å². The number of rotatable bonds is 0. The number of anilines is 2. The molecule has 20 heavy (non-hydrogen) atoms. The Bertz CT molecular complexity index is 790. The Morgan fingerprint density at radius 3 is 2.35 bits per heavy atom. The highest BCUT2D eigenvalue weighted by Gasteiger charge is 2.21. The van der Waals surface area contributed by atoms with Gasteiger partial charge >= 0.3 is 6.98 Å². The van der Waals surface area contributed by atoms with Gasteiger partial charge in [0, 0.05) is 27.7 Å². The van der Waals surface area contributed by atoms with Gasteiger partial charge in [0.05, 0.1) is 0 Å². The highest BCUT2D eigenvalue weighted by molar-refractivity contribution is 7.08. The second-order valence-corrected chi connectivity index (χ2v) is 5.49. The summed E-state index contributed by atoms with van der Waals surface area (Å²) in [5, 5.41) is 13.5. The van der Waals surface area contributed by atoms with Crippen molar-refractivity contribution in [3.63, 3.8) is 0 Å². The maximum atomic E-state index is 3.44. The molecule has 0 aliphatic carbocycles. The molecule has 2 aromatic carbocycles. The molecule has 94 valence electrons. The third-order valence-corrected chi connectivity index (χ3v) is 4.07. The van der Waals surface area contributed by atoms with E-state index in [-0.39, 0.29) is 6.98 Å². The van der Waals surface area contributed by atoms with Gasteiger partial charge in [-0.2, -0.15) is 11.3 Å². The lowest BCUT2D eigenvalue weighted by Crippen LogP contribution is -2.36. The molecule has 0 fully saturated rings. The van der Waals surface area contributed by atoms with Crippen LogP contribution >= 0.6 is 11.3 Å². The van der Waals surface area contributed by atoms with E-state index in [0.29, 0.717) is 0 Å². The zero-order valence-electron chi connectivity index (χ0n) is 10.7. The lowest BCUT2D eigenvalue weighted by Gasteiger charge is -2.23. The van der Waals surface area contributed by atoms with Crippen molar-refractivity contribution in [2.24, 2.45) is 0 Å². The molecule has 2 nitrogen and oxygen atoms in total. The van der Waals surface area contributed by atoms with Crippen molar-refractivity contribution in [3.8, 4) is 11.7 Å². The van der Waals surface area contributed by atoms with E-state index >= 15 is 0 Å². The second kappa shape index (κ2) is 4.62. The number of thiophene rings is 1. The molecule has 0 spiro atoms. The van der Waals surface area contributed by atoms with Crippen molar-refractivity contribution in [2.45, 2.75) is 0 Å². The quantitative estimate of drug-likeness (QED) is 0.481. The molecule has 0 atom stereocenters. The van der Waals surface area contributed by atoms with Crippen molar-refractivity contribution in [3.05, 3.63) is 58.8 Å². The fourth-order valence-corrected chi connectivity index (χ4v) is 3.08. The maximum Gasteiger partial charge on any atom is 0.460 e. The Balaban J connectivity index is 1.72. The zero-order valence-corrected chi connectivity index (χ0v) is 11.5. The van der Waals surface area contributed by atoms with Gasteiger partial charge in [0.15, 0.2) is 0 Å². The molecular weight excluding hydrogens is 263 g/mol. The van der Waals surface area contributed by atoms with Crippen LogP contribution in [-0.2, 0) is 0 Å². The molecular formula is C16H11BN2S. The van der Waals surface area contributed by atoms with E-state index in [1.54, 1.807) is 11.3 Å². The number of hydrogen-bond acceptors (Lipinski definition) is 3. The lowest BCUT2D eigenvalue weighted by molar-refractivity contribution is 1.62. The average Bonchev–Trinajstić information content (AvgIpc) is 2.99. The molecule has 1 aliphatic rings. The Morgan fingerprint density at radius 1 is 0.950 bits per heavy atom. The highest BCUT2D eigenvalue weighted by Crippen LogP contribution is 2.33. The van der Waals surface area contributed by atoms with Crippen LogP contribution in [0.25, 0.3) is 10.8 Å². The van der Waals surface area contributed by atoms with Crippen molar-refractivity contribution < 1.29 is 0 Å². The first-order valence-electron chi connectivity index (χ1n) is 6.49. The number of benzene rings is 2. The molecule has 2 N–H and O–H groups in total. The smallest absolute Gasteiger partial charge is 0.398 e. The summed E-state index contributed by atoms with van der Waals surface area (Å²) in [6.07, 6.45) is 0. The van der Waals surface area contributed by atoms with Crippen molar-refractivity contribution in [1.82, 2.24) is 0 Å². The molecule has 0 saturated heterocycles. The monoisotopic (exact) mass is 274 g/mol. The van der Waals surface area contributed by atoms with Crippen LogP contribution < -0.4 is 10.5 Å². The molecule has 4 heteroatoms. The summed E-state index contributed by atoms with van der Waals surface area (Å²) < 4.78 is 0. The fraction of sp³-hybridized carbons (Fsp3) is 0. The van der Waals surface area contributed by atoms with E-state index < -0.39 is 0 Å². The van der Waals surface area contributed by atoms with Gasteiger partial charge in [-0.05, 0) is 29.0 Å². The molecule has 0 radical (unpaired) electrons. The third kappa shape index (κ3) is 1.93. The van der Waals surface area contributed by atoms with Crippen LogP contribution in [0, 0.1) is 11.7 Å². The van der Waals surface area contributed by atoms with E-state index in [2.05, 4.69) is 64.0 Å². The standard InChI is InChI=1S/C16H11BN2S/c1-3-13-4-2-6-15-16(13)14(5-1)18-17(19-15)9-7-12-8-10-20-11-12/h1-6,8,10-11,18-19H. The minimum absolute atomic E-state index is 0.0598. The van der Waals surface area contributed by atoms with E-state index in [1.165, 1.54) is 10.8 Å². The van der Waals surface area contributed by atoms with Crippen molar-refractivity contribution in [1.29, 1.82) is 0 Å². The number of nitrogens with one attached hydrogen (secondary N) is 2. The molecule has 1 aromatic heterocycles. The van der Waals surface area contributed by atoms with Crippen LogP contribution in [0.15, 0.2) is 53.2 Å². The molecule has 0 bridgehead atoms. The largest absolute Gasteiger partial charge is 0.460 e. The summed E-state index contributed by atoms with van der Waals surface area (Å²) >= 11 is 1.67. The molecule has 0 unspecified atom stereocenters. The Morgan fingerprint density at radius 2 is 1.70 bits per heavy atom. The van der Waals surface area contributed by atoms with Gasteiger partial charge in [-0.25, -0.2) is 0 Å². The predicted octanol–water partition coefficient (Wildman–Crippen LogP) is 3.82. The molecule has 4 rings (SSSR count). The van der Waals surface area contributed by atoms with Crippen LogP contribution in [0.2, 0.25) is 0 Å². The molecule has 0 saturated carbocycles. The van der Waals surface area contributed by atoms with E-state index in [4.69, 9.17) is 0 Å². The normalized spacial score (nSPS) is 12.3. The van der Waals surface area contributed by atoms with Crippen LogP contribution in [0.3, 0.4) is 0 Å². The first kappa shape index (κ1) is 11.5. The van der Waals surface area contributed by atoms with Gasteiger partial charge in [-0.3, -0.25) is 0 Å². The van der Waals surface area contributed by atoms with E-state index in [0.717, 1.165) is 16.9 Å². The summed E-state index contributed by atoms with van der Waals surface area (Å²) in [6.45, 7) is -0.0598. The SMILES string of the molecule is C(#Cc1ccsc1)B1Nc2cccc3cccc(c23)N1. The lowest BCUT2D eigenvalue weighted by atomic mass is 9.74. The maximum absolute atomic E-state index is 3.44. The summed E-state index contributed by atoms with van der Waals surface area (Å²) in [6, 6.07) is 14.6. The van der Waals surface area contributed by atoms with Gasteiger partial charge in [-0.1, -0.05) is 36.0 Å². The predicted molar refractivity (Wildman–Crippen MR) is 88.1 cm³/mol.